The number of dihydropyridines is 1. The lowest BCUT2D eigenvalue weighted by atomic mass is 9.85. The summed E-state index contributed by atoms with van der Waals surface area (Å²) in [5, 5.41) is 2.94. The number of fused-ring (bicyclic) bond motifs is 1. The van der Waals surface area contributed by atoms with Gasteiger partial charge in [-0.1, -0.05) is 18.2 Å². The monoisotopic (exact) mass is 470 g/mol. The van der Waals surface area contributed by atoms with Crippen LogP contribution < -0.4 is 10.2 Å². The number of allylic oxidation sites excluding steroid dienone is 2. The van der Waals surface area contributed by atoms with E-state index in [1.807, 2.05) is 31.2 Å². The number of ether oxygens (including phenoxy) is 3. The summed E-state index contributed by atoms with van der Waals surface area (Å²) < 4.78 is 15.6. The van der Waals surface area contributed by atoms with E-state index in [1.165, 1.54) is 0 Å². The van der Waals surface area contributed by atoms with Gasteiger partial charge in [-0.15, -0.1) is 0 Å². The zero-order valence-electron chi connectivity index (χ0n) is 20.1. The van der Waals surface area contributed by atoms with Crippen LogP contribution in [0.2, 0.25) is 0 Å². The highest BCUT2D eigenvalue weighted by Gasteiger charge is 2.43. The summed E-state index contributed by atoms with van der Waals surface area (Å²) in [6, 6.07) is 7.47. The van der Waals surface area contributed by atoms with Gasteiger partial charge in [-0.25, -0.2) is 9.59 Å². The van der Waals surface area contributed by atoms with Crippen LogP contribution in [0.25, 0.3) is 0 Å². The average molecular weight is 471 g/mol. The summed E-state index contributed by atoms with van der Waals surface area (Å²) in [6.07, 6.45) is 0.702. The third kappa shape index (κ3) is 4.83. The third-order valence-corrected chi connectivity index (χ3v) is 5.80. The Kier molecular flexibility index (Phi) is 7.75. The van der Waals surface area contributed by atoms with Gasteiger partial charge in [0.05, 0.1) is 24.4 Å². The van der Waals surface area contributed by atoms with Crippen LogP contribution in [-0.2, 0) is 39.8 Å². The number of benzene rings is 1. The molecular formula is C25H30N2O7. The molecule has 0 spiro atoms. The quantitative estimate of drug-likeness (QED) is 0.478. The van der Waals surface area contributed by atoms with Crippen LogP contribution in [0.15, 0.2) is 46.8 Å². The van der Waals surface area contributed by atoms with E-state index in [9.17, 15) is 19.2 Å². The van der Waals surface area contributed by atoms with E-state index < -0.39 is 36.3 Å². The molecule has 2 heterocycles. The van der Waals surface area contributed by atoms with Crippen molar-refractivity contribution in [1.29, 1.82) is 0 Å². The average Bonchev–Trinajstić information content (AvgIpc) is 3.12. The Bertz CT molecular complexity index is 1030. The van der Waals surface area contributed by atoms with E-state index in [4.69, 9.17) is 14.2 Å². The molecule has 34 heavy (non-hydrogen) atoms. The van der Waals surface area contributed by atoms with Gasteiger partial charge >= 0.3 is 17.9 Å². The lowest BCUT2D eigenvalue weighted by Crippen LogP contribution is -2.41. The molecule has 0 bridgehead atoms. The van der Waals surface area contributed by atoms with Gasteiger partial charge in [-0.3, -0.25) is 9.59 Å². The van der Waals surface area contributed by atoms with Crippen molar-refractivity contribution < 1.29 is 33.4 Å². The third-order valence-electron chi connectivity index (χ3n) is 5.80. The SMILES string of the molecule is CCOC(=O)C1=C(C)NC(C)=C(C(=O)OCC)C1C(=O)OCC(=O)N1c2ccccc2C[C@H]1C. The molecule has 1 aromatic carbocycles. The zero-order valence-corrected chi connectivity index (χ0v) is 20.1. The number of nitrogens with zero attached hydrogens (tertiary/aromatic N) is 1. The maximum absolute atomic E-state index is 13.3. The maximum atomic E-state index is 13.3. The molecule has 0 aliphatic carbocycles. The molecule has 0 aromatic heterocycles. The van der Waals surface area contributed by atoms with Crippen LogP contribution in [0.4, 0.5) is 5.69 Å². The standard InChI is InChI=1S/C25H30N2O7/c1-6-32-23(29)20-15(4)26-16(5)21(24(30)33-7-2)22(20)25(31)34-13-19(28)27-14(3)12-17-10-8-9-11-18(17)27/h8-11,14,22,26H,6-7,12-13H2,1-5H3/t14-/m1/s1. The first-order chi connectivity index (χ1) is 16.2. The van der Waals surface area contributed by atoms with E-state index in [0.29, 0.717) is 17.8 Å². The first-order valence-electron chi connectivity index (χ1n) is 11.3. The topological polar surface area (TPSA) is 111 Å². The van der Waals surface area contributed by atoms with E-state index >= 15 is 0 Å². The molecular weight excluding hydrogens is 440 g/mol. The number of carbonyl (C=O) groups excluding carboxylic acids is 4. The van der Waals surface area contributed by atoms with Gasteiger partial charge in [0.2, 0.25) is 0 Å². The molecule has 9 nitrogen and oxygen atoms in total. The highest BCUT2D eigenvalue weighted by molar-refractivity contribution is 6.06. The molecule has 0 saturated heterocycles. The van der Waals surface area contributed by atoms with Gasteiger partial charge in [-0.05, 0) is 52.7 Å². The number of hydrogen-bond acceptors (Lipinski definition) is 8. The molecule has 2 aliphatic heterocycles. The van der Waals surface area contributed by atoms with Gasteiger partial charge in [0, 0.05) is 23.1 Å². The van der Waals surface area contributed by atoms with Crippen LogP contribution in [0.5, 0.6) is 0 Å². The minimum Gasteiger partial charge on any atom is -0.463 e. The van der Waals surface area contributed by atoms with Gasteiger partial charge in [0.1, 0.15) is 5.92 Å². The van der Waals surface area contributed by atoms with Gasteiger partial charge in [0.15, 0.2) is 6.61 Å². The van der Waals surface area contributed by atoms with E-state index in [1.54, 1.807) is 32.6 Å². The first kappa shape index (κ1) is 25.0. The number of para-hydroxylation sites is 1. The summed E-state index contributed by atoms with van der Waals surface area (Å²) in [6.45, 7) is 8.03. The highest BCUT2D eigenvalue weighted by Crippen LogP contribution is 2.34. The smallest absolute Gasteiger partial charge is 0.337 e. The second kappa shape index (κ2) is 10.5. The largest absolute Gasteiger partial charge is 0.463 e. The molecule has 0 fully saturated rings. The number of rotatable bonds is 7. The fourth-order valence-corrected chi connectivity index (χ4v) is 4.42. The molecule has 182 valence electrons. The molecule has 2 aliphatic rings. The second-order valence-electron chi connectivity index (χ2n) is 8.13. The predicted molar refractivity (Wildman–Crippen MR) is 123 cm³/mol. The molecule has 0 saturated carbocycles. The van der Waals surface area contributed by atoms with Crippen molar-refractivity contribution in [1.82, 2.24) is 5.32 Å². The number of nitrogens with one attached hydrogen (secondary N) is 1. The number of anilines is 1. The molecule has 1 aromatic rings. The van der Waals surface area contributed by atoms with E-state index in [2.05, 4.69) is 5.32 Å². The minimum absolute atomic E-state index is 0.0483. The summed E-state index contributed by atoms with van der Waals surface area (Å²) >= 11 is 0. The molecule has 3 rings (SSSR count). The molecule has 0 radical (unpaired) electrons. The molecule has 0 unspecified atom stereocenters. The number of hydrogen-bond donors (Lipinski definition) is 1. The zero-order chi connectivity index (χ0) is 25.0. The first-order valence-corrected chi connectivity index (χ1v) is 11.3. The number of amides is 1. The Morgan fingerprint density at radius 1 is 0.941 bits per heavy atom. The molecule has 9 heteroatoms. The second-order valence-corrected chi connectivity index (χ2v) is 8.13. The van der Waals surface area contributed by atoms with Crippen LogP contribution in [-0.4, -0.2) is 49.7 Å². The van der Waals surface area contributed by atoms with Crippen molar-refractivity contribution in [2.75, 3.05) is 24.7 Å². The van der Waals surface area contributed by atoms with Gasteiger partial charge < -0.3 is 24.4 Å². The van der Waals surface area contributed by atoms with Crippen molar-refractivity contribution in [2.45, 2.75) is 47.1 Å². The van der Waals surface area contributed by atoms with Crippen LogP contribution in [0.3, 0.4) is 0 Å². The summed E-state index contributed by atoms with van der Waals surface area (Å²) in [7, 11) is 0. The van der Waals surface area contributed by atoms with E-state index in [0.717, 1.165) is 11.3 Å². The van der Waals surface area contributed by atoms with Gasteiger partial charge in [0.25, 0.3) is 5.91 Å². The van der Waals surface area contributed by atoms with Crippen LogP contribution in [0, 0.1) is 5.92 Å². The summed E-state index contributed by atoms with van der Waals surface area (Å²) in [4.78, 5) is 53.3. The van der Waals surface area contributed by atoms with Crippen molar-refractivity contribution >= 4 is 29.5 Å². The Hall–Kier alpha value is -3.62. The maximum Gasteiger partial charge on any atom is 0.337 e. The van der Waals surface area contributed by atoms with Crippen LogP contribution in [0.1, 0.15) is 40.2 Å². The highest BCUT2D eigenvalue weighted by atomic mass is 16.5. The Balaban J connectivity index is 1.86. The van der Waals surface area contributed by atoms with Gasteiger partial charge in [-0.2, -0.15) is 0 Å². The Morgan fingerprint density at radius 2 is 1.50 bits per heavy atom. The summed E-state index contributed by atoms with van der Waals surface area (Å²) in [5.74, 6) is -4.18. The van der Waals surface area contributed by atoms with Crippen molar-refractivity contribution in [3.8, 4) is 0 Å². The van der Waals surface area contributed by atoms with E-state index in [-0.39, 0.29) is 30.4 Å². The fourth-order valence-electron chi connectivity index (χ4n) is 4.42. The van der Waals surface area contributed by atoms with Crippen molar-refractivity contribution in [3.63, 3.8) is 0 Å². The minimum atomic E-state index is -1.38. The fraction of sp³-hybridized carbons (Fsp3) is 0.440. The normalized spacial score (nSPS) is 17.8. The Labute approximate surface area is 198 Å². The molecule has 1 N–H and O–H groups in total. The lowest BCUT2D eigenvalue weighted by molar-refractivity contribution is -0.153. The Morgan fingerprint density at radius 3 is 2.06 bits per heavy atom. The molecule has 1 amide bonds. The predicted octanol–water partition coefficient (Wildman–Crippen LogP) is 2.40. The van der Waals surface area contributed by atoms with Crippen LogP contribution >= 0.6 is 0 Å². The van der Waals surface area contributed by atoms with Crippen molar-refractivity contribution in [2.24, 2.45) is 5.92 Å². The molecule has 1 atom stereocenters. The summed E-state index contributed by atoms with van der Waals surface area (Å²) in [5.41, 5.74) is 2.45. The lowest BCUT2D eigenvalue weighted by Gasteiger charge is -2.29. The number of carbonyl (C=O) groups is 4. The van der Waals surface area contributed by atoms with Crippen molar-refractivity contribution in [3.05, 3.63) is 52.4 Å². The number of esters is 3.